The van der Waals surface area contributed by atoms with E-state index < -0.39 is 10.0 Å². The van der Waals surface area contributed by atoms with Crippen LogP contribution >= 0.6 is 15.9 Å². The number of sulfonamides is 1. The number of halogens is 1. The first-order valence-corrected chi connectivity index (χ1v) is 7.61. The fourth-order valence-corrected chi connectivity index (χ4v) is 3.71. The van der Waals surface area contributed by atoms with Crippen LogP contribution in [0.4, 0.5) is 0 Å². The fourth-order valence-electron chi connectivity index (χ4n) is 1.90. The third kappa shape index (κ3) is 2.83. The Morgan fingerprint density at radius 2 is 2.38 bits per heavy atom. The summed E-state index contributed by atoms with van der Waals surface area (Å²) in [6.07, 6.45) is 4.65. The Bertz CT molecular complexity index is 432. The molecule has 16 heavy (non-hydrogen) atoms. The van der Waals surface area contributed by atoms with Gasteiger partial charge in [-0.15, -0.1) is 0 Å². The Balaban J connectivity index is 1.91. The van der Waals surface area contributed by atoms with Crippen LogP contribution in [-0.4, -0.2) is 30.0 Å². The molecule has 0 radical (unpaired) electrons. The van der Waals surface area contributed by atoms with Crippen LogP contribution in [0.2, 0.25) is 0 Å². The third-order valence-electron chi connectivity index (χ3n) is 2.80. The van der Waals surface area contributed by atoms with Crippen LogP contribution in [0.5, 0.6) is 0 Å². The summed E-state index contributed by atoms with van der Waals surface area (Å²) >= 11 is 3.54. The van der Waals surface area contributed by atoms with Crippen molar-refractivity contribution in [1.82, 2.24) is 14.9 Å². The molecule has 1 aliphatic carbocycles. The van der Waals surface area contributed by atoms with Crippen LogP contribution in [-0.2, 0) is 10.0 Å². The van der Waals surface area contributed by atoms with E-state index in [-0.39, 0.29) is 5.03 Å². The number of hydrogen-bond acceptors (Lipinski definition) is 3. The van der Waals surface area contributed by atoms with E-state index in [1.54, 1.807) is 0 Å². The maximum atomic E-state index is 11.7. The maximum absolute atomic E-state index is 11.7. The summed E-state index contributed by atoms with van der Waals surface area (Å²) < 4.78 is 26.1. The molecule has 1 saturated carbocycles. The molecule has 0 bridgehead atoms. The topological polar surface area (TPSA) is 74.8 Å². The van der Waals surface area contributed by atoms with Gasteiger partial charge in [-0.1, -0.05) is 15.9 Å². The number of nitrogens with one attached hydrogen (secondary N) is 2. The van der Waals surface area contributed by atoms with Gasteiger partial charge in [0.1, 0.15) is 0 Å². The van der Waals surface area contributed by atoms with Crippen molar-refractivity contribution in [3.8, 4) is 0 Å². The molecule has 1 aromatic heterocycles. The van der Waals surface area contributed by atoms with Crippen molar-refractivity contribution < 1.29 is 8.42 Å². The minimum Gasteiger partial charge on any atom is -0.266 e. The number of hydrogen-bond donors (Lipinski definition) is 2. The Labute approximate surface area is 103 Å². The number of nitrogens with zero attached hydrogens (tertiary/aromatic N) is 1. The van der Waals surface area contributed by atoms with E-state index in [9.17, 15) is 8.42 Å². The molecule has 2 rings (SSSR count). The Hall–Kier alpha value is -0.400. The highest BCUT2D eigenvalue weighted by Crippen LogP contribution is 2.30. The molecular formula is C9H14BrN3O2S. The minimum atomic E-state index is -3.41. The van der Waals surface area contributed by atoms with Gasteiger partial charge in [0.2, 0.25) is 0 Å². The molecule has 1 aromatic rings. The summed E-state index contributed by atoms with van der Waals surface area (Å²) in [5.74, 6) is 0.432. The first kappa shape index (κ1) is 12.1. The predicted molar refractivity (Wildman–Crippen MR) is 63.8 cm³/mol. The van der Waals surface area contributed by atoms with E-state index in [4.69, 9.17) is 0 Å². The lowest BCUT2D eigenvalue weighted by Gasteiger charge is -2.10. The first-order chi connectivity index (χ1) is 7.58. The number of rotatable bonds is 4. The molecule has 2 unspecified atom stereocenters. The summed E-state index contributed by atoms with van der Waals surface area (Å²) in [4.78, 5) is 0.536. The normalized spacial score (nSPS) is 26.1. The van der Waals surface area contributed by atoms with E-state index in [0.29, 0.717) is 17.3 Å². The second-order valence-electron chi connectivity index (χ2n) is 4.05. The lowest BCUT2D eigenvalue weighted by atomic mass is 10.1. The van der Waals surface area contributed by atoms with Gasteiger partial charge >= 0.3 is 0 Å². The zero-order chi connectivity index (χ0) is 11.6. The molecule has 5 nitrogen and oxygen atoms in total. The molecule has 1 fully saturated rings. The van der Waals surface area contributed by atoms with Gasteiger partial charge in [-0.25, -0.2) is 13.1 Å². The zero-order valence-corrected chi connectivity index (χ0v) is 11.1. The summed E-state index contributed by atoms with van der Waals surface area (Å²) in [5, 5.41) is 6.21. The van der Waals surface area contributed by atoms with Crippen molar-refractivity contribution >= 4 is 26.0 Å². The highest BCUT2D eigenvalue weighted by molar-refractivity contribution is 9.09. The third-order valence-corrected chi connectivity index (χ3v) is 4.99. The van der Waals surface area contributed by atoms with Gasteiger partial charge in [-0.2, -0.15) is 5.10 Å². The van der Waals surface area contributed by atoms with Gasteiger partial charge in [0.05, 0.1) is 6.20 Å². The average molecular weight is 308 g/mol. The van der Waals surface area contributed by atoms with Gasteiger partial charge in [-0.3, -0.25) is 5.10 Å². The highest BCUT2D eigenvalue weighted by atomic mass is 79.9. The van der Waals surface area contributed by atoms with Gasteiger partial charge in [0.15, 0.2) is 5.03 Å². The molecule has 0 aromatic carbocycles. The smallest absolute Gasteiger partial charge is 0.257 e. The monoisotopic (exact) mass is 307 g/mol. The fraction of sp³-hybridized carbons (Fsp3) is 0.667. The standard InChI is InChI=1S/C9H14BrN3O2S/c10-8-2-1-7(5-8)6-12-16(14,15)9-3-4-11-13-9/h3-4,7-8,12H,1-2,5-6H2,(H,11,13). The van der Waals surface area contributed by atoms with Crippen molar-refractivity contribution in [2.45, 2.75) is 29.1 Å². The van der Waals surface area contributed by atoms with Crippen LogP contribution in [0.1, 0.15) is 19.3 Å². The molecular weight excluding hydrogens is 294 g/mol. The molecule has 1 heterocycles. The largest absolute Gasteiger partial charge is 0.266 e. The van der Waals surface area contributed by atoms with E-state index in [2.05, 4.69) is 30.8 Å². The Kier molecular flexibility index (Phi) is 3.66. The molecule has 0 amide bonds. The number of aromatic nitrogens is 2. The van der Waals surface area contributed by atoms with Gasteiger partial charge in [0.25, 0.3) is 10.0 Å². The van der Waals surface area contributed by atoms with Gasteiger partial charge < -0.3 is 0 Å². The van der Waals surface area contributed by atoms with Gasteiger partial charge in [-0.05, 0) is 31.2 Å². The SMILES string of the molecule is O=S(=O)(NCC1CCC(Br)C1)c1ccn[nH]1. The molecule has 0 saturated heterocycles. The molecule has 0 aliphatic heterocycles. The van der Waals surface area contributed by atoms with E-state index in [1.165, 1.54) is 12.3 Å². The van der Waals surface area contributed by atoms with Crippen molar-refractivity contribution in [3.05, 3.63) is 12.3 Å². The van der Waals surface area contributed by atoms with Crippen LogP contribution in [0, 0.1) is 5.92 Å². The molecule has 7 heteroatoms. The number of H-pyrrole nitrogens is 1. The van der Waals surface area contributed by atoms with Crippen molar-refractivity contribution in [2.24, 2.45) is 5.92 Å². The lowest BCUT2D eigenvalue weighted by Crippen LogP contribution is -2.29. The summed E-state index contributed by atoms with van der Waals surface area (Å²) in [5.41, 5.74) is 0. The minimum absolute atomic E-state index is 0.126. The second-order valence-corrected chi connectivity index (χ2v) is 7.08. The molecule has 2 atom stereocenters. The van der Waals surface area contributed by atoms with Crippen LogP contribution < -0.4 is 4.72 Å². The second kappa shape index (κ2) is 4.85. The van der Waals surface area contributed by atoms with Crippen molar-refractivity contribution in [1.29, 1.82) is 0 Å². The number of aromatic amines is 1. The Morgan fingerprint density at radius 3 is 2.94 bits per heavy atom. The van der Waals surface area contributed by atoms with Crippen LogP contribution in [0.3, 0.4) is 0 Å². The van der Waals surface area contributed by atoms with E-state index in [0.717, 1.165) is 19.3 Å². The highest BCUT2D eigenvalue weighted by Gasteiger charge is 2.24. The predicted octanol–water partition coefficient (Wildman–Crippen LogP) is 1.25. The van der Waals surface area contributed by atoms with E-state index >= 15 is 0 Å². The van der Waals surface area contributed by atoms with Gasteiger partial charge in [0, 0.05) is 11.4 Å². The lowest BCUT2D eigenvalue weighted by molar-refractivity contribution is 0.519. The van der Waals surface area contributed by atoms with Crippen LogP contribution in [0.15, 0.2) is 17.3 Å². The van der Waals surface area contributed by atoms with Crippen LogP contribution in [0.25, 0.3) is 0 Å². The summed E-state index contributed by atoms with van der Waals surface area (Å²) in [7, 11) is -3.41. The zero-order valence-electron chi connectivity index (χ0n) is 8.69. The molecule has 0 spiro atoms. The average Bonchev–Trinajstić information content (AvgIpc) is 2.85. The summed E-state index contributed by atoms with van der Waals surface area (Å²) in [6, 6.07) is 1.45. The molecule has 2 N–H and O–H groups in total. The van der Waals surface area contributed by atoms with E-state index in [1.807, 2.05) is 0 Å². The van der Waals surface area contributed by atoms with Crippen molar-refractivity contribution in [3.63, 3.8) is 0 Å². The first-order valence-electron chi connectivity index (χ1n) is 5.21. The summed E-state index contributed by atoms with van der Waals surface area (Å²) in [6.45, 7) is 0.503. The maximum Gasteiger partial charge on any atom is 0.257 e. The molecule has 90 valence electrons. The number of alkyl halides is 1. The Morgan fingerprint density at radius 1 is 1.56 bits per heavy atom. The quantitative estimate of drug-likeness (QED) is 0.822. The van der Waals surface area contributed by atoms with Crippen molar-refractivity contribution in [2.75, 3.05) is 6.54 Å². The molecule has 1 aliphatic rings.